The molecule has 0 atom stereocenters. The Kier molecular flexibility index (Phi) is 4.00. The first-order chi connectivity index (χ1) is 10.6. The maximum absolute atomic E-state index is 5.93. The van der Waals surface area contributed by atoms with Gasteiger partial charge in [-0.25, -0.2) is 4.98 Å². The molecule has 1 aromatic carbocycles. The lowest BCUT2D eigenvalue weighted by Gasteiger charge is -2.07. The Hall–Kier alpha value is -2.11. The lowest BCUT2D eigenvalue weighted by atomic mass is 10.1. The van der Waals surface area contributed by atoms with E-state index in [1.54, 1.807) is 11.3 Å². The van der Waals surface area contributed by atoms with E-state index in [2.05, 4.69) is 24.1 Å². The molecule has 2 heterocycles. The van der Waals surface area contributed by atoms with E-state index in [1.807, 2.05) is 31.2 Å². The Balaban J connectivity index is 1.93. The van der Waals surface area contributed by atoms with Gasteiger partial charge in [0, 0.05) is 23.2 Å². The molecule has 0 unspecified atom stereocenters. The van der Waals surface area contributed by atoms with Gasteiger partial charge in [0.2, 0.25) is 0 Å². The quantitative estimate of drug-likeness (QED) is 0.729. The third-order valence-electron chi connectivity index (χ3n) is 3.35. The zero-order valence-electron chi connectivity index (χ0n) is 12.8. The Labute approximate surface area is 133 Å². The van der Waals surface area contributed by atoms with Crippen molar-refractivity contribution in [1.29, 1.82) is 0 Å². The molecule has 0 saturated carbocycles. The first-order valence-corrected chi connectivity index (χ1v) is 7.95. The average molecular weight is 313 g/mol. The molecule has 3 aromatic rings. The molecule has 0 bridgehead atoms. The molecule has 0 fully saturated rings. The minimum Gasteiger partial charge on any atom is -0.489 e. The fourth-order valence-corrected chi connectivity index (χ4v) is 3.19. The summed E-state index contributed by atoms with van der Waals surface area (Å²) in [5.41, 5.74) is 9.96. The Morgan fingerprint density at radius 1 is 1.36 bits per heavy atom. The molecule has 2 aromatic heterocycles. The van der Waals surface area contributed by atoms with E-state index in [1.165, 1.54) is 4.88 Å². The van der Waals surface area contributed by atoms with Crippen molar-refractivity contribution in [2.75, 3.05) is 6.61 Å². The number of hydrogen-bond donors (Lipinski definition) is 1. The molecule has 0 aliphatic heterocycles. The highest BCUT2D eigenvalue weighted by Gasteiger charge is 2.14. The Bertz CT molecular complexity index is 814. The van der Waals surface area contributed by atoms with Gasteiger partial charge >= 0.3 is 0 Å². The van der Waals surface area contributed by atoms with E-state index in [9.17, 15) is 0 Å². The smallest absolute Gasteiger partial charge is 0.194 e. The third-order valence-corrected chi connectivity index (χ3v) is 4.25. The Morgan fingerprint density at radius 2 is 2.09 bits per heavy atom. The van der Waals surface area contributed by atoms with Gasteiger partial charge in [0.05, 0.1) is 11.4 Å². The van der Waals surface area contributed by atoms with Crippen molar-refractivity contribution in [3.63, 3.8) is 0 Å². The highest BCUT2D eigenvalue weighted by atomic mass is 32.1. The summed E-state index contributed by atoms with van der Waals surface area (Å²) in [7, 11) is 0. The van der Waals surface area contributed by atoms with Gasteiger partial charge in [-0.2, -0.15) is 0 Å². The number of imidazole rings is 1. The summed E-state index contributed by atoms with van der Waals surface area (Å²) in [4.78, 5) is 6.94. The van der Waals surface area contributed by atoms with Crippen LogP contribution in [0.3, 0.4) is 0 Å². The molecule has 4 nitrogen and oxygen atoms in total. The molecule has 2 N–H and O–H groups in total. The van der Waals surface area contributed by atoms with Crippen LogP contribution in [-0.2, 0) is 6.54 Å². The summed E-state index contributed by atoms with van der Waals surface area (Å²) in [6, 6.07) is 7.95. The van der Waals surface area contributed by atoms with E-state index in [0.29, 0.717) is 13.2 Å². The summed E-state index contributed by atoms with van der Waals surface area (Å²) in [6.45, 7) is 8.85. The number of ether oxygens (including phenoxy) is 1. The van der Waals surface area contributed by atoms with Crippen LogP contribution < -0.4 is 10.5 Å². The van der Waals surface area contributed by atoms with Gasteiger partial charge in [0.25, 0.3) is 0 Å². The van der Waals surface area contributed by atoms with Crippen molar-refractivity contribution in [1.82, 2.24) is 9.38 Å². The zero-order valence-corrected chi connectivity index (χ0v) is 13.6. The van der Waals surface area contributed by atoms with Crippen LogP contribution in [0.4, 0.5) is 0 Å². The fourth-order valence-electron chi connectivity index (χ4n) is 2.34. The normalized spacial score (nSPS) is 11.0. The van der Waals surface area contributed by atoms with E-state index >= 15 is 0 Å². The fraction of sp³-hybridized carbons (Fsp3) is 0.235. The lowest BCUT2D eigenvalue weighted by molar-refractivity contribution is 0.353. The molecule has 0 aliphatic carbocycles. The Morgan fingerprint density at radius 3 is 2.73 bits per heavy atom. The number of nitrogens with two attached hydrogens (primary N) is 1. The van der Waals surface area contributed by atoms with Crippen molar-refractivity contribution in [2.45, 2.75) is 20.4 Å². The van der Waals surface area contributed by atoms with Crippen LogP contribution in [0.5, 0.6) is 5.75 Å². The number of nitrogens with zero attached hydrogens (tertiary/aromatic N) is 2. The molecule has 0 aliphatic rings. The van der Waals surface area contributed by atoms with Crippen LogP contribution in [-0.4, -0.2) is 16.0 Å². The first kappa shape index (κ1) is 14.8. The number of rotatable bonds is 5. The maximum atomic E-state index is 5.93. The van der Waals surface area contributed by atoms with Crippen molar-refractivity contribution in [3.05, 3.63) is 53.2 Å². The highest BCUT2D eigenvalue weighted by molar-refractivity contribution is 7.17. The van der Waals surface area contributed by atoms with Gasteiger partial charge in [-0.1, -0.05) is 6.58 Å². The molecule has 0 spiro atoms. The summed E-state index contributed by atoms with van der Waals surface area (Å²) < 4.78 is 7.71. The number of aryl methyl sites for hydroxylation is 1. The van der Waals surface area contributed by atoms with E-state index in [-0.39, 0.29) is 0 Å². The molecule has 0 radical (unpaired) electrons. The predicted molar refractivity (Wildman–Crippen MR) is 91.4 cm³/mol. The monoisotopic (exact) mass is 313 g/mol. The van der Waals surface area contributed by atoms with Crippen LogP contribution >= 0.6 is 11.3 Å². The number of fused-ring (bicyclic) bond motifs is 1. The number of aromatic nitrogens is 2. The average Bonchev–Trinajstić information content (AvgIpc) is 3.01. The van der Waals surface area contributed by atoms with Crippen LogP contribution in [0.1, 0.15) is 17.5 Å². The van der Waals surface area contributed by atoms with Gasteiger partial charge in [-0.05, 0) is 43.7 Å². The van der Waals surface area contributed by atoms with Crippen molar-refractivity contribution >= 4 is 16.3 Å². The van der Waals surface area contributed by atoms with Crippen LogP contribution in [0.2, 0.25) is 0 Å². The maximum Gasteiger partial charge on any atom is 0.194 e. The minimum atomic E-state index is 0.459. The molecule has 114 valence electrons. The molecule has 0 amide bonds. The van der Waals surface area contributed by atoms with E-state index in [0.717, 1.165) is 33.2 Å². The number of thiazole rings is 1. The second-order valence-corrected chi connectivity index (χ2v) is 6.59. The van der Waals surface area contributed by atoms with Crippen LogP contribution in [0.25, 0.3) is 16.2 Å². The van der Waals surface area contributed by atoms with Gasteiger partial charge in [-0.15, -0.1) is 11.3 Å². The molecule has 0 saturated heterocycles. The van der Waals surface area contributed by atoms with Crippen LogP contribution in [0, 0.1) is 6.92 Å². The molecule has 22 heavy (non-hydrogen) atoms. The van der Waals surface area contributed by atoms with E-state index < -0.39 is 0 Å². The number of hydrogen-bond acceptors (Lipinski definition) is 4. The van der Waals surface area contributed by atoms with E-state index in [4.69, 9.17) is 15.5 Å². The first-order valence-electron chi connectivity index (χ1n) is 7.13. The number of benzene rings is 1. The van der Waals surface area contributed by atoms with Crippen molar-refractivity contribution in [2.24, 2.45) is 5.73 Å². The zero-order chi connectivity index (χ0) is 15.7. The van der Waals surface area contributed by atoms with Gasteiger partial charge in [0.1, 0.15) is 12.4 Å². The van der Waals surface area contributed by atoms with Crippen molar-refractivity contribution in [3.8, 4) is 17.0 Å². The second-order valence-electron chi connectivity index (χ2n) is 5.38. The molecule has 5 heteroatoms. The molecular weight excluding hydrogens is 294 g/mol. The van der Waals surface area contributed by atoms with Gasteiger partial charge in [-0.3, -0.25) is 4.40 Å². The topological polar surface area (TPSA) is 52.5 Å². The minimum absolute atomic E-state index is 0.459. The molecular formula is C17H19N3OS. The van der Waals surface area contributed by atoms with Gasteiger partial charge in [0.15, 0.2) is 4.96 Å². The molecule has 3 rings (SSSR count). The summed E-state index contributed by atoms with van der Waals surface area (Å²) in [6.07, 6.45) is 2.09. The SMILES string of the molecule is C=C(C)COc1ccc(-c2nc3sc(C)cn3c2CN)cc1. The third kappa shape index (κ3) is 2.77. The summed E-state index contributed by atoms with van der Waals surface area (Å²) in [5.74, 6) is 0.831. The highest BCUT2D eigenvalue weighted by Crippen LogP contribution is 2.29. The second kappa shape index (κ2) is 5.94. The predicted octanol–water partition coefficient (Wildman–Crippen LogP) is 3.78. The summed E-state index contributed by atoms with van der Waals surface area (Å²) >= 11 is 1.67. The lowest BCUT2D eigenvalue weighted by Crippen LogP contribution is -2.01. The van der Waals surface area contributed by atoms with Crippen molar-refractivity contribution < 1.29 is 4.74 Å². The standard InChI is InChI=1S/C17H19N3OS/c1-11(2)10-21-14-6-4-13(5-7-14)16-15(8-18)20-9-12(3)22-17(20)19-16/h4-7,9H,1,8,10,18H2,2-3H3. The largest absolute Gasteiger partial charge is 0.489 e. The summed E-state index contributed by atoms with van der Waals surface area (Å²) in [5, 5.41) is 0. The van der Waals surface area contributed by atoms with Gasteiger partial charge < -0.3 is 10.5 Å². The van der Waals surface area contributed by atoms with Crippen LogP contribution in [0.15, 0.2) is 42.6 Å².